The summed E-state index contributed by atoms with van der Waals surface area (Å²) < 4.78 is 5.57. The number of benzene rings is 1. The molecule has 2 amide bonds. The van der Waals surface area contributed by atoms with Gasteiger partial charge in [0, 0.05) is 25.9 Å². The third-order valence-electron chi connectivity index (χ3n) is 4.46. The Morgan fingerprint density at radius 2 is 2.14 bits per heavy atom. The maximum absolute atomic E-state index is 12.7. The highest BCUT2D eigenvalue weighted by atomic mass is 16.5. The maximum atomic E-state index is 12.7. The summed E-state index contributed by atoms with van der Waals surface area (Å²) in [6.45, 7) is 2.40. The van der Waals surface area contributed by atoms with Crippen LogP contribution in [0.2, 0.25) is 0 Å². The lowest BCUT2D eigenvalue weighted by Gasteiger charge is -2.37. The molecule has 0 radical (unpaired) electrons. The van der Waals surface area contributed by atoms with Crippen LogP contribution in [0.25, 0.3) is 0 Å². The maximum Gasteiger partial charge on any atom is 0.223 e. The molecule has 1 N–H and O–H groups in total. The molecule has 0 bridgehead atoms. The SMILES string of the molecule is O=C1CCC(CC(=O)N2CCOCC2c2ccccc2)CN1. The van der Waals surface area contributed by atoms with Crippen molar-refractivity contribution in [1.29, 1.82) is 0 Å². The number of ether oxygens (including phenoxy) is 1. The summed E-state index contributed by atoms with van der Waals surface area (Å²) in [5.41, 5.74) is 1.12. The monoisotopic (exact) mass is 302 g/mol. The number of nitrogens with one attached hydrogen (secondary N) is 1. The van der Waals surface area contributed by atoms with Crippen LogP contribution in [0.4, 0.5) is 0 Å². The zero-order valence-corrected chi connectivity index (χ0v) is 12.7. The van der Waals surface area contributed by atoms with Crippen LogP contribution in [0.1, 0.15) is 30.9 Å². The summed E-state index contributed by atoms with van der Waals surface area (Å²) in [6, 6.07) is 10.0. The fourth-order valence-corrected chi connectivity index (χ4v) is 3.18. The Bertz CT molecular complexity index is 522. The minimum absolute atomic E-state index is 0.000585. The molecule has 2 unspecified atom stereocenters. The van der Waals surface area contributed by atoms with E-state index in [0.29, 0.717) is 39.1 Å². The Labute approximate surface area is 130 Å². The van der Waals surface area contributed by atoms with Gasteiger partial charge in [0.1, 0.15) is 0 Å². The van der Waals surface area contributed by atoms with E-state index in [4.69, 9.17) is 4.74 Å². The average molecular weight is 302 g/mol. The highest BCUT2D eigenvalue weighted by molar-refractivity contribution is 5.79. The van der Waals surface area contributed by atoms with Crippen molar-refractivity contribution in [3.8, 4) is 0 Å². The molecule has 2 fully saturated rings. The average Bonchev–Trinajstić information content (AvgIpc) is 2.58. The molecule has 1 aromatic carbocycles. The van der Waals surface area contributed by atoms with Crippen molar-refractivity contribution >= 4 is 11.8 Å². The van der Waals surface area contributed by atoms with Gasteiger partial charge in [-0.3, -0.25) is 9.59 Å². The largest absolute Gasteiger partial charge is 0.377 e. The summed E-state index contributed by atoms with van der Waals surface area (Å²) in [4.78, 5) is 25.8. The van der Waals surface area contributed by atoms with Crippen LogP contribution in [0.15, 0.2) is 30.3 Å². The van der Waals surface area contributed by atoms with Crippen LogP contribution >= 0.6 is 0 Å². The van der Waals surface area contributed by atoms with E-state index in [2.05, 4.69) is 5.32 Å². The fourth-order valence-electron chi connectivity index (χ4n) is 3.18. The summed E-state index contributed by atoms with van der Waals surface area (Å²) in [5.74, 6) is 0.514. The predicted molar refractivity (Wildman–Crippen MR) is 82.1 cm³/mol. The van der Waals surface area contributed by atoms with Gasteiger partial charge in [0.25, 0.3) is 0 Å². The van der Waals surface area contributed by atoms with Crippen molar-refractivity contribution < 1.29 is 14.3 Å². The Hall–Kier alpha value is -1.88. The van der Waals surface area contributed by atoms with Crippen molar-refractivity contribution in [3.05, 3.63) is 35.9 Å². The summed E-state index contributed by atoms with van der Waals surface area (Å²) in [6.07, 6.45) is 1.84. The zero-order chi connectivity index (χ0) is 15.4. The van der Waals surface area contributed by atoms with Gasteiger partial charge in [-0.2, -0.15) is 0 Å². The highest BCUT2D eigenvalue weighted by Gasteiger charge is 2.30. The molecule has 22 heavy (non-hydrogen) atoms. The van der Waals surface area contributed by atoms with Crippen LogP contribution in [-0.4, -0.2) is 43.0 Å². The van der Waals surface area contributed by atoms with E-state index in [-0.39, 0.29) is 23.8 Å². The van der Waals surface area contributed by atoms with Gasteiger partial charge in [-0.1, -0.05) is 30.3 Å². The Morgan fingerprint density at radius 3 is 2.86 bits per heavy atom. The summed E-state index contributed by atoms with van der Waals surface area (Å²) in [7, 11) is 0. The third-order valence-corrected chi connectivity index (χ3v) is 4.46. The Morgan fingerprint density at radius 1 is 1.32 bits per heavy atom. The number of piperidine rings is 1. The molecule has 118 valence electrons. The van der Waals surface area contributed by atoms with E-state index < -0.39 is 0 Å². The predicted octanol–water partition coefficient (Wildman–Crippen LogP) is 1.50. The van der Waals surface area contributed by atoms with Gasteiger partial charge in [0.2, 0.25) is 11.8 Å². The molecule has 2 aliphatic rings. The Balaban J connectivity index is 1.65. The molecule has 0 aliphatic carbocycles. The fraction of sp³-hybridized carbons (Fsp3) is 0.529. The highest BCUT2D eigenvalue weighted by Crippen LogP contribution is 2.26. The second-order valence-corrected chi connectivity index (χ2v) is 6.00. The lowest BCUT2D eigenvalue weighted by Crippen LogP contribution is -2.45. The smallest absolute Gasteiger partial charge is 0.223 e. The van der Waals surface area contributed by atoms with Crippen LogP contribution in [-0.2, 0) is 14.3 Å². The summed E-state index contributed by atoms with van der Waals surface area (Å²) in [5, 5.41) is 2.85. The number of carbonyl (C=O) groups excluding carboxylic acids is 2. The molecule has 2 aliphatic heterocycles. The number of morpholine rings is 1. The van der Waals surface area contributed by atoms with Crippen LogP contribution in [0, 0.1) is 5.92 Å². The molecule has 2 atom stereocenters. The number of hydrogen-bond donors (Lipinski definition) is 1. The molecule has 3 rings (SSSR count). The van der Waals surface area contributed by atoms with E-state index in [1.54, 1.807) is 0 Å². The van der Waals surface area contributed by atoms with Crippen LogP contribution < -0.4 is 5.32 Å². The van der Waals surface area contributed by atoms with Gasteiger partial charge < -0.3 is 15.0 Å². The molecular formula is C17H22N2O3. The molecular weight excluding hydrogens is 280 g/mol. The molecule has 2 saturated heterocycles. The van der Waals surface area contributed by atoms with E-state index >= 15 is 0 Å². The van der Waals surface area contributed by atoms with Crippen LogP contribution in [0.3, 0.4) is 0 Å². The molecule has 0 aromatic heterocycles. The van der Waals surface area contributed by atoms with Crippen molar-refractivity contribution in [2.24, 2.45) is 5.92 Å². The van der Waals surface area contributed by atoms with Gasteiger partial charge in [-0.15, -0.1) is 0 Å². The normalized spacial score (nSPS) is 25.6. The van der Waals surface area contributed by atoms with Crippen molar-refractivity contribution in [3.63, 3.8) is 0 Å². The first kappa shape index (κ1) is 15.0. The summed E-state index contributed by atoms with van der Waals surface area (Å²) >= 11 is 0. The topological polar surface area (TPSA) is 58.6 Å². The lowest BCUT2D eigenvalue weighted by atomic mass is 9.94. The molecule has 5 nitrogen and oxygen atoms in total. The minimum Gasteiger partial charge on any atom is -0.377 e. The molecule has 5 heteroatoms. The lowest BCUT2D eigenvalue weighted by molar-refractivity contribution is -0.142. The minimum atomic E-state index is 0.000585. The number of rotatable bonds is 3. The zero-order valence-electron chi connectivity index (χ0n) is 12.7. The van der Waals surface area contributed by atoms with Gasteiger partial charge in [0.15, 0.2) is 0 Å². The third kappa shape index (κ3) is 3.47. The van der Waals surface area contributed by atoms with Crippen molar-refractivity contribution in [2.75, 3.05) is 26.3 Å². The van der Waals surface area contributed by atoms with Gasteiger partial charge in [0.05, 0.1) is 19.3 Å². The quantitative estimate of drug-likeness (QED) is 0.920. The molecule has 0 saturated carbocycles. The number of hydrogen-bond acceptors (Lipinski definition) is 3. The first-order valence-corrected chi connectivity index (χ1v) is 7.93. The molecule has 2 heterocycles. The van der Waals surface area contributed by atoms with E-state index in [1.165, 1.54) is 0 Å². The van der Waals surface area contributed by atoms with Gasteiger partial charge in [-0.05, 0) is 17.9 Å². The van der Waals surface area contributed by atoms with E-state index in [1.807, 2.05) is 35.2 Å². The second kappa shape index (κ2) is 6.92. The standard InChI is InChI=1S/C17H22N2O3/c20-16-7-6-13(11-18-16)10-17(21)19-8-9-22-12-15(19)14-4-2-1-3-5-14/h1-5,13,15H,6-12H2,(H,18,20). The van der Waals surface area contributed by atoms with Crippen molar-refractivity contribution in [2.45, 2.75) is 25.3 Å². The molecule has 1 aromatic rings. The second-order valence-electron chi connectivity index (χ2n) is 6.00. The first-order chi connectivity index (χ1) is 10.7. The van der Waals surface area contributed by atoms with Gasteiger partial charge >= 0.3 is 0 Å². The van der Waals surface area contributed by atoms with Crippen LogP contribution in [0.5, 0.6) is 0 Å². The van der Waals surface area contributed by atoms with E-state index in [0.717, 1.165) is 12.0 Å². The number of amides is 2. The van der Waals surface area contributed by atoms with Crippen molar-refractivity contribution in [1.82, 2.24) is 10.2 Å². The van der Waals surface area contributed by atoms with E-state index in [9.17, 15) is 9.59 Å². The number of carbonyl (C=O) groups is 2. The first-order valence-electron chi connectivity index (χ1n) is 7.93. The Kier molecular flexibility index (Phi) is 4.73. The number of nitrogens with zero attached hydrogens (tertiary/aromatic N) is 1. The van der Waals surface area contributed by atoms with Gasteiger partial charge in [-0.25, -0.2) is 0 Å². The molecule has 0 spiro atoms.